The van der Waals surface area contributed by atoms with Crippen molar-refractivity contribution >= 4 is 5.91 Å². The quantitative estimate of drug-likeness (QED) is 0.853. The summed E-state index contributed by atoms with van der Waals surface area (Å²) in [4.78, 5) is 12.1. The van der Waals surface area contributed by atoms with Crippen molar-refractivity contribution in [2.75, 3.05) is 13.2 Å². The maximum atomic E-state index is 12.1. The Balaban J connectivity index is 2.02. The van der Waals surface area contributed by atoms with Gasteiger partial charge in [-0.3, -0.25) is 4.79 Å². The number of carbonyl (C=O) groups is 1. The van der Waals surface area contributed by atoms with E-state index in [0.29, 0.717) is 6.54 Å². The van der Waals surface area contributed by atoms with Crippen LogP contribution in [0.5, 0.6) is 0 Å². The minimum Gasteiger partial charge on any atom is -0.395 e. The Morgan fingerprint density at radius 2 is 2.00 bits per heavy atom. The van der Waals surface area contributed by atoms with E-state index in [9.17, 15) is 9.90 Å². The largest absolute Gasteiger partial charge is 0.395 e. The van der Waals surface area contributed by atoms with Gasteiger partial charge < -0.3 is 10.4 Å². The summed E-state index contributed by atoms with van der Waals surface area (Å²) in [5, 5.41) is 12.3. The van der Waals surface area contributed by atoms with Crippen LogP contribution in [-0.2, 0) is 10.2 Å². The van der Waals surface area contributed by atoms with Crippen molar-refractivity contribution < 1.29 is 9.90 Å². The fourth-order valence-electron chi connectivity index (χ4n) is 2.52. The van der Waals surface area contributed by atoms with Crippen molar-refractivity contribution in [1.29, 1.82) is 0 Å². The number of benzene rings is 1. The molecule has 3 nitrogen and oxygen atoms in total. The highest BCUT2D eigenvalue weighted by Gasteiger charge is 2.49. The third-order valence-corrected chi connectivity index (χ3v) is 4.20. The van der Waals surface area contributed by atoms with Crippen molar-refractivity contribution in [3.63, 3.8) is 0 Å². The van der Waals surface area contributed by atoms with Crippen molar-refractivity contribution in [3.05, 3.63) is 35.4 Å². The molecule has 0 heterocycles. The first-order chi connectivity index (χ1) is 8.91. The van der Waals surface area contributed by atoms with Gasteiger partial charge in [-0.05, 0) is 30.9 Å². The molecule has 0 saturated heterocycles. The van der Waals surface area contributed by atoms with E-state index in [1.54, 1.807) is 0 Å². The van der Waals surface area contributed by atoms with Crippen molar-refractivity contribution in [1.82, 2.24) is 5.32 Å². The molecule has 0 radical (unpaired) electrons. The number of amides is 1. The Kier molecular flexibility index (Phi) is 3.68. The Morgan fingerprint density at radius 3 is 2.53 bits per heavy atom. The Morgan fingerprint density at radius 1 is 1.37 bits per heavy atom. The van der Waals surface area contributed by atoms with Gasteiger partial charge in [0.1, 0.15) is 0 Å². The molecule has 1 amide bonds. The third-order valence-electron chi connectivity index (χ3n) is 4.20. The molecule has 0 aromatic heterocycles. The fourth-order valence-corrected chi connectivity index (χ4v) is 2.52. The lowest BCUT2D eigenvalue weighted by atomic mass is 9.82. The summed E-state index contributed by atoms with van der Waals surface area (Å²) in [6.45, 7) is 6.92. The second-order valence-electron chi connectivity index (χ2n) is 6.32. The topological polar surface area (TPSA) is 49.3 Å². The number of hydrogen-bond acceptors (Lipinski definition) is 2. The van der Waals surface area contributed by atoms with Crippen molar-refractivity contribution in [2.24, 2.45) is 5.41 Å². The lowest BCUT2D eigenvalue weighted by molar-refractivity contribution is -0.127. The molecule has 1 aliphatic rings. The second-order valence-corrected chi connectivity index (χ2v) is 6.32. The number of nitrogens with one attached hydrogen (secondary N) is 1. The monoisotopic (exact) mass is 261 g/mol. The van der Waals surface area contributed by atoms with E-state index in [1.807, 2.05) is 12.1 Å². The van der Waals surface area contributed by atoms with Gasteiger partial charge in [0.25, 0.3) is 0 Å². The number of carbonyl (C=O) groups excluding carboxylic acids is 1. The normalized spacial score (nSPS) is 17.1. The van der Waals surface area contributed by atoms with Gasteiger partial charge in [-0.15, -0.1) is 0 Å². The van der Waals surface area contributed by atoms with E-state index in [4.69, 9.17) is 0 Å². The summed E-state index contributed by atoms with van der Waals surface area (Å²) >= 11 is 0. The molecule has 0 aliphatic heterocycles. The Labute approximate surface area is 115 Å². The van der Waals surface area contributed by atoms with Crippen LogP contribution in [-0.4, -0.2) is 24.2 Å². The van der Waals surface area contributed by atoms with Gasteiger partial charge in [0.15, 0.2) is 0 Å². The number of aryl methyl sites for hydroxylation is 1. The highest BCUT2D eigenvalue weighted by atomic mass is 16.3. The van der Waals surface area contributed by atoms with Crippen molar-refractivity contribution in [2.45, 2.75) is 39.0 Å². The highest BCUT2D eigenvalue weighted by molar-refractivity contribution is 5.85. The van der Waals surface area contributed by atoms with Crippen LogP contribution in [0.1, 0.15) is 37.8 Å². The average molecular weight is 261 g/mol. The predicted octanol–water partition coefficient (Wildman–Crippen LogP) is 2.16. The van der Waals surface area contributed by atoms with E-state index in [0.717, 1.165) is 12.8 Å². The zero-order valence-electron chi connectivity index (χ0n) is 12.0. The first-order valence-corrected chi connectivity index (χ1v) is 6.87. The molecule has 1 aromatic rings. The number of aliphatic hydroxyl groups is 1. The zero-order valence-corrected chi connectivity index (χ0v) is 12.0. The molecule has 1 aliphatic carbocycles. The van der Waals surface area contributed by atoms with E-state index in [2.05, 4.69) is 38.2 Å². The van der Waals surface area contributed by atoms with Crippen LogP contribution in [0.15, 0.2) is 24.3 Å². The highest BCUT2D eigenvalue weighted by Crippen LogP contribution is 2.45. The summed E-state index contributed by atoms with van der Waals surface area (Å²) in [6, 6.07) is 8.26. The first kappa shape index (κ1) is 14.1. The van der Waals surface area contributed by atoms with Crippen LogP contribution in [0.2, 0.25) is 0 Å². The van der Waals surface area contributed by atoms with Gasteiger partial charge in [0.2, 0.25) is 5.91 Å². The smallest absolute Gasteiger partial charge is 0.228 e. The van der Waals surface area contributed by atoms with E-state index in [1.165, 1.54) is 11.1 Å². The van der Waals surface area contributed by atoms with Crippen LogP contribution >= 0.6 is 0 Å². The summed E-state index contributed by atoms with van der Waals surface area (Å²) in [6.07, 6.45) is 1.61. The molecule has 104 valence electrons. The third kappa shape index (κ3) is 2.81. The molecule has 1 aromatic carbocycles. The standard InChI is InChI=1S/C16H23NO2/c1-12-6-4-5-7-13(12)15(2,3)10-17-14(19)16(11-18)8-9-16/h4-7,18H,8-11H2,1-3H3,(H,17,19). The van der Waals surface area contributed by atoms with Crippen LogP contribution in [0.3, 0.4) is 0 Å². The van der Waals surface area contributed by atoms with Crippen LogP contribution in [0.25, 0.3) is 0 Å². The summed E-state index contributed by atoms with van der Waals surface area (Å²) < 4.78 is 0. The molecule has 0 spiro atoms. The average Bonchev–Trinajstić information content (AvgIpc) is 3.17. The maximum Gasteiger partial charge on any atom is 0.228 e. The summed E-state index contributed by atoms with van der Waals surface area (Å²) in [5.74, 6) is -0.00309. The molecule has 0 atom stereocenters. The van der Waals surface area contributed by atoms with Gasteiger partial charge in [-0.2, -0.15) is 0 Å². The van der Waals surface area contributed by atoms with E-state index in [-0.39, 0.29) is 17.9 Å². The SMILES string of the molecule is Cc1ccccc1C(C)(C)CNC(=O)C1(CO)CC1. The molecule has 19 heavy (non-hydrogen) atoms. The van der Waals surface area contributed by atoms with Crippen LogP contribution in [0.4, 0.5) is 0 Å². The Bertz CT molecular complexity index is 475. The fraction of sp³-hybridized carbons (Fsp3) is 0.562. The molecular weight excluding hydrogens is 238 g/mol. The molecule has 0 bridgehead atoms. The molecular formula is C16H23NO2. The first-order valence-electron chi connectivity index (χ1n) is 6.87. The summed E-state index contributed by atoms with van der Waals surface area (Å²) in [5.41, 5.74) is 1.91. The molecule has 3 heteroatoms. The number of aliphatic hydroxyl groups excluding tert-OH is 1. The molecule has 1 fully saturated rings. The minimum atomic E-state index is -0.484. The minimum absolute atomic E-state index is 0.00309. The molecule has 2 rings (SSSR count). The maximum absolute atomic E-state index is 12.1. The van der Waals surface area contributed by atoms with Crippen LogP contribution < -0.4 is 5.32 Å². The molecule has 2 N–H and O–H groups in total. The van der Waals surface area contributed by atoms with Gasteiger partial charge >= 0.3 is 0 Å². The zero-order chi connectivity index (χ0) is 14.1. The second kappa shape index (κ2) is 4.97. The lowest BCUT2D eigenvalue weighted by Gasteiger charge is -2.28. The van der Waals surface area contributed by atoms with Gasteiger partial charge in [0, 0.05) is 12.0 Å². The Hall–Kier alpha value is -1.35. The van der Waals surface area contributed by atoms with E-state index >= 15 is 0 Å². The van der Waals surface area contributed by atoms with Gasteiger partial charge in [0.05, 0.1) is 12.0 Å². The van der Waals surface area contributed by atoms with E-state index < -0.39 is 5.41 Å². The number of hydrogen-bond donors (Lipinski definition) is 2. The molecule has 0 unspecified atom stereocenters. The lowest BCUT2D eigenvalue weighted by Crippen LogP contribution is -2.41. The van der Waals surface area contributed by atoms with Gasteiger partial charge in [-0.1, -0.05) is 38.1 Å². The summed E-state index contributed by atoms with van der Waals surface area (Å²) in [7, 11) is 0. The van der Waals surface area contributed by atoms with Crippen molar-refractivity contribution in [3.8, 4) is 0 Å². The van der Waals surface area contributed by atoms with Gasteiger partial charge in [-0.25, -0.2) is 0 Å². The number of rotatable bonds is 5. The van der Waals surface area contributed by atoms with Crippen LogP contribution in [0, 0.1) is 12.3 Å². The molecule has 1 saturated carbocycles. The predicted molar refractivity (Wildman–Crippen MR) is 76.0 cm³/mol.